The van der Waals surface area contributed by atoms with E-state index in [9.17, 15) is 13.2 Å². The molecule has 1 amide bonds. The lowest BCUT2D eigenvalue weighted by Crippen LogP contribution is -2.51. The van der Waals surface area contributed by atoms with Gasteiger partial charge in [-0.1, -0.05) is 12.5 Å². The Bertz CT molecular complexity index is 745. The molecule has 132 valence electrons. The highest BCUT2D eigenvalue weighted by Crippen LogP contribution is 2.33. The maximum absolute atomic E-state index is 13.1. The highest BCUT2D eigenvalue weighted by atomic mass is 32.2. The number of carbonyl (C=O) groups excluding carboxylic acids is 1. The van der Waals surface area contributed by atoms with Crippen molar-refractivity contribution >= 4 is 21.6 Å². The molecule has 0 radical (unpaired) electrons. The van der Waals surface area contributed by atoms with Gasteiger partial charge >= 0.3 is 0 Å². The average Bonchev–Trinajstić information content (AvgIpc) is 2.98. The molecule has 6 nitrogen and oxygen atoms in total. The third kappa shape index (κ3) is 2.96. The third-order valence-corrected chi connectivity index (χ3v) is 6.96. The van der Waals surface area contributed by atoms with Crippen LogP contribution in [0.25, 0.3) is 0 Å². The minimum Gasteiger partial charge on any atom is -0.326 e. The smallest absolute Gasteiger partial charge is 0.243 e. The van der Waals surface area contributed by atoms with E-state index in [4.69, 9.17) is 5.73 Å². The number of carbonyl (C=O) groups is 1. The number of nitrogens with two attached hydrogens (primary N) is 1. The number of amides is 1. The third-order valence-electron chi connectivity index (χ3n) is 5.04. The molecule has 1 fully saturated rings. The van der Waals surface area contributed by atoms with E-state index in [1.807, 2.05) is 13.0 Å². The second-order valence-electron chi connectivity index (χ2n) is 6.75. The van der Waals surface area contributed by atoms with Gasteiger partial charge in [-0.3, -0.25) is 4.79 Å². The molecular weight excluding hydrogens is 326 g/mol. The lowest BCUT2D eigenvalue weighted by atomic mass is 10.00. The zero-order valence-corrected chi connectivity index (χ0v) is 15.1. The Morgan fingerprint density at radius 1 is 1.29 bits per heavy atom. The molecule has 0 aliphatic carbocycles. The number of anilines is 1. The van der Waals surface area contributed by atoms with E-state index in [2.05, 4.69) is 0 Å². The number of benzene rings is 1. The van der Waals surface area contributed by atoms with Gasteiger partial charge in [0.05, 0.1) is 4.90 Å². The van der Waals surface area contributed by atoms with Gasteiger partial charge in [-0.15, -0.1) is 0 Å². The van der Waals surface area contributed by atoms with Crippen LogP contribution in [0.3, 0.4) is 0 Å². The van der Waals surface area contributed by atoms with E-state index in [-0.39, 0.29) is 22.9 Å². The van der Waals surface area contributed by atoms with Crippen molar-refractivity contribution in [2.75, 3.05) is 18.0 Å². The van der Waals surface area contributed by atoms with Crippen LogP contribution in [0.5, 0.6) is 0 Å². The van der Waals surface area contributed by atoms with Crippen molar-refractivity contribution in [1.82, 2.24) is 4.31 Å². The molecule has 2 aliphatic rings. The second-order valence-corrected chi connectivity index (χ2v) is 8.64. The van der Waals surface area contributed by atoms with E-state index < -0.39 is 10.0 Å². The van der Waals surface area contributed by atoms with Crippen LogP contribution in [0, 0.1) is 0 Å². The van der Waals surface area contributed by atoms with Crippen LogP contribution < -0.4 is 10.6 Å². The van der Waals surface area contributed by atoms with Crippen LogP contribution in [-0.2, 0) is 21.2 Å². The van der Waals surface area contributed by atoms with Crippen molar-refractivity contribution < 1.29 is 13.2 Å². The molecule has 2 aliphatic heterocycles. The summed E-state index contributed by atoms with van der Waals surface area (Å²) < 4.78 is 27.8. The van der Waals surface area contributed by atoms with E-state index in [0.29, 0.717) is 13.1 Å². The molecule has 0 saturated carbocycles. The van der Waals surface area contributed by atoms with Crippen molar-refractivity contribution in [3.8, 4) is 0 Å². The summed E-state index contributed by atoms with van der Waals surface area (Å²) in [6.45, 7) is 4.48. The lowest BCUT2D eigenvalue weighted by molar-refractivity contribution is -0.116. The topological polar surface area (TPSA) is 83.7 Å². The van der Waals surface area contributed by atoms with Gasteiger partial charge in [0.15, 0.2) is 0 Å². The van der Waals surface area contributed by atoms with Crippen molar-refractivity contribution in [1.29, 1.82) is 0 Å². The van der Waals surface area contributed by atoms with Crippen LogP contribution in [0.2, 0.25) is 0 Å². The van der Waals surface area contributed by atoms with E-state index in [1.165, 1.54) is 6.92 Å². The number of hydrogen-bond acceptors (Lipinski definition) is 4. The first kappa shape index (κ1) is 17.4. The fourth-order valence-corrected chi connectivity index (χ4v) is 5.53. The molecule has 0 bridgehead atoms. The summed E-state index contributed by atoms with van der Waals surface area (Å²) in [6.07, 6.45) is 3.41. The summed E-state index contributed by atoms with van der Waals surface area (Å²) in [5, 5.41) is 0. The molecule has 7 heteroatoms. The van der Waals surface area contributed by atoms with Crippen LogP contribution >= 0.6 is 0 Å². The molecule has 1 saturated heterocycles. The minimum absolute atomic E-state index is 0.0604. The molecule has 0 spiro atoms. The van der Waals surface area contributed by atoms with E-state index >= 15 is 0 Å². The minimum atomic E-state index is -3.61. The van der Waals surface area contributed by atoms with Crippen molar-refractivity contribution in [2.45, 2.75) is 56.5 Å². The maximum Gasteiger partial charge on any atom is 0.243 e. The van der Waals surface area contributed by atoms with Crippen molar-refractivity contribution in [3.63, 3.8) is 0 Å². The molecule has 2 unspecified atom stereocenters. The SMILES string of the molecule is CC(=O)N1CCc2ccc(S(=O)(=O)N3CCCCC3C(C)N)cc21. The first-order chi connectivity index (χ1) is 11.3. The first-order valence-electron chi connectivity index (χ1n) is 8.51. The van der Waals surface area contributed by atoms with Crippen LogP contribution in [0.4, 0.5) is 5.69 Å². The van der Waals surface area contributed by atoms with Gasteiger partial charge in [0, 0.05) is 37.8 Å². The molecule has 2 heterocycles. The van der Waals surface area contributed by atoms with Crippen molar-refractivity contribution in [3.05, 3.63) is 23.8 Å². The molecular formula is C17H25N3O3S. The van der Waals surface area contributed by atoms with Gasteiger partial charge in [-0.2, -0.15) is 4.31 Å². The highest BCUT2D eigenvalue weighted by molar-refractivity contribution is 7.89. The number of nitrogens with zero attached hydrogens (tertiary/aromatic N) is 2. The Labute approximate surface area is 143 Å². The van der Waals surface area contributed by atoms with Crippen LogP contribution in [0.15, 0.2) is 23.1 Å². The van der Waals surface area contributed by atoms with E-state index in [1.54, 1.807) is 21.3 Å². The summed E-state index contributed by atoms with van der Waals surface area (Å²) in [5.74, 6) is -0.0604. The quantitative estimate of drug-likeness (QED) is 0.894. The number of hydrogen-bond donors (Lipinski definition) is 1. The summed E-state index contributed by atoms with van der Waals surface area (Å²) in [4.78, 5) is 13.7. The molecule has 2 atom stereocenters. The van der Waals surface area contributed by atoms with Gasteiger partial charge in [0.1, 0.15) is 0 Å². The number of sulfonamides is 1. The number of fused-ring (bicyclic) bond motifs is 1. The average molecular weight is 351 g/mol. The number of piperidine rings is 1. The van der Waals surface area contributed by atoms with Crippen molar-refractivity contribution in [2.24, 2.45) is 5.73 Å². The van der Waals surface area contributed by atoms with Crippen LogP contribution in [-0.4, -0.2) is 43.8 Å². The summed E-state index contributed by atoms with van der Waals surface area (Å²) in [7, 11) is -3.61. The maximum atomic E-state index is 13.1. The second kappa shape index (κ2) is 6.46. The molecule has 1 aromatic rings. The monoisotopic (exact) mass is 351 g/mol. The molecule has 1 aromatic carbocycles. The predicted molar refractivity (Wildman–Crippen MR) is 93.4 cm³/mol. The predicted octanol–water partition coefficient (Wildman–Crippen LogP) is 1.49. The van der Waals surface area contributed by atoms with Gasteiger partial charge in [0.25, 0.3) is 0 Å². The summed E-state index contributed by atoms with van der Waals surface area (Å²) >= 11 is 0. The fourth-order valence-electron chi connectivity index (χ4n) is 3.74. The summed E-state index contributed by atoms with van der Waals surface area (Å²) in [5.41, 5.74) is 7.77. The standard InChI is InChI=1S/C17H25N3O3S/c1-12(18)16-5-3-4-9-20(16)24(22,23)15-7-6-14-8-10-19(13(2)21)17(14)11-15/h6-7,11-12,16H,3-5,8-10,18H2,1-2H3. The zero-order chi connectivity index (χ0) is 17.5. The van der Waals surface area contributed by atoms with Gasteiger partial charge in [0.2, 0.25) is 15.9 Å². The normalized spacial score (nSPS) is 23.1. The lowest BCUT2D eigenvalue weighted by Gasteiger charge is -2.37. The Balaban J connectivity index is 1.98. The molecule has 2 N–H and O–H groups in total. The van der Waals surface area contributed by atoms with Crippen LogP contribution in [0.1, 0.15) is 38.7 Å². The Morgan fingerprint density at radius 3 is 2.71 bits per heavy atom. The Morgan fingerprint density at radius 2 is 2.04 bits per heavy atom. The Kier molecular flexibility index (Phi) is 4.68. The highest BCUT2D eigenvalue weighted by Gasteiger charge is 2.36. The van der Waals surface area contributed by atoms with Gasteiger partial charge in [-0.05, 0) is 43.9 Å². The first-order valence-corrected chi connectivity index (χ1v) is 9.95. The fraction of sp³-hybridized carbons (Fsp3) is 0.588. The molecule has 24 heavy (non-hydrogen) atoms. The van der Waals surface area contributed by atoms with Gasteiger partial charge in [-0.25, -0.2) is 8.42 Å². The van der Waals surface area contributed by atoms with Gasteiger partial charge < -0.3 is 10.6 Å². The molecule has 0 aromatic heterocycles. The molecule has 3 rings (SSSR count). The van der Waals surface area contributed by atoms with E-state index in [0.717, 1.165) is 36.9 Å². The zero-order valence-electron chi connectivity index (χ0n) is 14.2. The summed E-state index contributed by atoms with van der Waals surface area (Å²) in [6, 6.07) is 4.76. The largest absolute Gasteiger partial charge is 0.326 e. The Hall–Kier alpha value is -1.44. The number of rotatable bonds is 3.